The summed E-state index contributed by atoms with van der Waals surface area (Å²) >= 11 is 5.22. The molecule has 98 valence electrons. The fourth-order valence-electron chi connectivity index (χ4n) is 2.29. The SMILES string of the molecule is CSC1CCC(NC(=O)c2ccc(Br)cc2N)C1. The highest BCUT2D eigenvalue weighted by atomic mass is 79.9. The molecule has 1 saturated carbocycles. The van der Waals surface area contributed by atoms with Crippen LogP contribution in [0.25, 0.3) is 0 Å². The fraction of sp³-hybridized carbons (Fsp3) is 0.462. The first kappa shape index (κ1) is 13.7. The van der Waals surface area contributed by atoms with Crippen LogP contribution in [0.2, 0.25) is 0 Å². The predicted molar refractivity (Wildman–Crippen MR) is 81.0 cm³/mol. The van der Waals surface area contributed by atoms with Gasteiger partial charge in [0, 0.05) is 21.5 Å². The molecule has 3 N–H and O–H groups in total. The van der Waals surface area contributed by atoms with Crippen molar-refractivity contribution >= 4 is 39.3 Å². The third-order valence-electron chi connectivity index (χ3n) is 3.31. The van der Waals surface area contributed by atoms with Gasteiger partial charge in [-0.15, -0.1) is 0 Å². The molecular weight excluding hydrogens is 312 g/mol. The van der Waals surface area contributed by atoms with Crippen molar-refractivity contribution in [3.63, 3.8) is 0 Å². The number of rotatable bonds is 3. The first-order valence-electron chi connectivity index (χ1n) is 5.99. The van der Waals surface area contributed by atoms with Crippen molar-refractivity contribution in [1.82, 2.24) is 5.32 Å². The number of hydrogen-bond acceptors (Lipinski definition) is 3. The highest BCUT2D eigenvalue weighted by Gasteiger charge is 2.25. The lowest BCUT2D eigenvalue weighted by Gasteiger charge is -2.14. The maximum Gasteiger partial charge on any atom is 0.253 e. The Labute approximate surface area is 120 Å². The van der Waals surface area contributed by atoms with Crippen LogP contribution in [-0.4, -0.2) is 23.5 Å². The molecule has 3 nitrogen and oxygen atoms in total. The largest absolute Gasteiger partial charge is 0.398 e. The lowest BCUT2D eigenvalue weighted by atomic mass is 10.1. The third kappa shape index (κ3) is 3.20. The number of hydrogen-bond donors (Lipinski definition) is 2. The molecule has 2 rings (SSSR count). The van der Waals surface area contributed by atoms with Crippen LogP contribution in [0.3, 0.4) is 0 Å². The van der Waals surface area contributed by atoms with Gasteiger partial charge in [-0.2, -0.15) is 11.8 Å². The van der Waals surface area contributed by atoms with Gasteiger partial charge >= 0.3 is 0 Å². The molecule has 2 atom stereocenters. The van der Waals surface area contributed by atoms with E-state index in [1.165, 1.54) is 6.42 Å². The second-order valence-electron chi connectivity index (χ2n) is 4.57. The molecule has 1 amide bonds. The van der Waals surface area contributed by atoms with Gasteiger partial charge in [0.25, 0.3) is 5.91 Å². The number of nitrogen functional groups attached to an aromatic ring is 1. The smallest absolute Gasteiger partial charge is 0.253 e. The van der Waals surface area contributed by atoms with Crippen molar-refractivity contribution in [3.8, 4) is 0 Å². The summed E-state index contributed by atoms with van der Waals surface area (Å²) in [6.07, 6.45) is 5.43. The molecule has 0 aromatic heterocycles. The summed E-state index contributed by atoms with van der Waals surface area (Å²) in [5.74, 6) is -0.0632. The van der Waals surface area contributed by atoms with Crippen molar-refractivity contribution in [2.45, 2.75) is 30.6 Å². The van der Waals surface area contributed by atoms with Gasteiger partial charge in [-0.1, -0.05) is 15.9 Å². The summed E-state index contributed by atoms with van der Waals surface area (Å²) in [7, 11) is 0. The van der Waals surface area contributed by atoms with Crippen molar-refractivity contribution < 1.29 is 4.79 Å². The van der Waals surface area contributed by atoms with E-state index in [9.17, 15) is 4.79 Å². The minimum absolute atomic E-state index is 0.0632. The number of nitrogens with one attached hydrogen (secondary N) is 1. The molecule has 1 aromatic rings. The van der Waals surface area contributed by atoms with E-state index >= 15 is 0 Å². The Morgan fingerprint density at radius 2 is 2.28 bits per heavy atom. The second-order valence-corrected chi connectivity index (χ2v) is 6.63. The number of benzene rings is 1. The van der Waals surface area contributed by atoms with Gasteiger partial charge in [-0.05, 0) is 43.7 Å². The van der Waals surface area contributed by atoms with Crippen LogP contribution in [0.15, 0.2) is 22.7 Å². The van der Waals surface area contributed by atoms with Crippen molar-refractivity contribution in [2.24, 2.45) is 0 Å². The summed E-state index contributed by atoms with van der Waals surface area (Å²) in [6, 6.07) is 5.65. The van der Waals surface area contributed by atoms with Crippen LogP contribution in [0.5, 0.6) is 0 Å². The van der Waals surface area contributed by atoms with Crippen molar-refractivity contribution in [3.05, 3.63) is 28.2 Å². The molecule has 1 aromatic carbocycles. The second kappa shape index (κ2) is 5.97. The van der Waals surface area contributed by atoms with Crippen LogP contribution in [0, 0.1) is 0 Å². The normalized spacial score (nSPS) is 23.0. The number of nitrogens with two attached hydrogens (primary N) is 1. The van der Waals surface area contributed by atoms with E-state index in [0.29, 0.717) is 16.5 Å². The molecule has 1 aliphatic carbocycles. The highest BCUT2D eigenvalue weighted by molar-refractivity contribution is 9.10. The molecule has 0 spiro atoms. The molecule has 0 radical (unpaired) electrons. The third-order valence-corrected chi connectivity index (χ3v) is 4.90. The molecule has 0 aliphatic heterocycles. The van der Waals surface area contributed by atoms with Crippen LogP contribution >= 0.6 is 27.7 Å². The topological polar surface area (TPSA) is 55.1 Å². The molecule has 1 fully saturated rings. The summed E-state index contributed by atoms with van der Waals surface area (Å²) in [5, 5.41) is 3.75. The van der Waals surface area contributed by atoms with E-state index < -0.39 is 0 Å². The first-order chi connectivity index (χ1) is 8.60. The van der Waals surface area contributed by atoms with Gasteiger partial charge in [0.1, 0.15) is 0 Å². The number of carbonyl (C=O) groups is 1. The minimum atomic E-state index is -0.0632. The Morgan fingerprint density at radius 1 is 1.50 bits per heavy atom. The maximum atomic E-state index is 12.1. The Balaban J connectivity index is 2.00. The summed E-state index contributed by atoms with van der Waals surface area (Å²) in [4.78, 5) is 12.1. The van der Waals surface area contributed by atoms with Crippen molar-refractivity contribution in [1.29, 1.82) is 0 Å². The Morgan fingerprint density at radius 3 is 2.89 bits per heavy atom. The van der Waals surface area contributed by atoms with Crippen LogP contribution in [0.1, 0.15) is 29.6 Å². The van der Waals surface area contributed by atoms with E-state index in [-0.39, 0.29) is 11.9 Å². The molecule has 5 heteroatoms. The zero-order chi connectivity index (χ0) is 13.1. The van der Waals surface area contributed by atoms with Gasteiger partial charge in [-0.3, -0.25) is 4.79 Å². The van der Waals surface area contributed by atoms with Gasteiger partial charge < -0.3 is 11.1 Å². The summed E-state index contributed by atoms with van der Waals surface area (Å²) in [5.41, 5.74) is 6.93. The molecule has 0 bridgehead atoms. The van der Waals surface area contributed by atoms with E-state index in [1.807, 2.05) is 17.8 Å². The minimum Gasteiger partial charge on any atom is -0.398 e. The zero-order valence-corrected chi connectivity index (χ0v) is 12.7. The van der Waals surface area contributed by atoms with E-state index in [4.69, 9.17) is 5.73 Å². The molecule has 1 aliphatic rings. The molecule has 0 saturated heterocycles. The number of halogens is 1. The van der Waals surface area contributed by atoms with Crippen LogP contribution in [-0.2, 0) is 0 Å². The Bertz CT molecular complexity index is 453. The van der Waals surface area contributed by atoms with Crippen LogP contribution in [0.4, 0.5) is 5.69 Å². The summed E-state index contributed by atoms with van der Waals surface area (Å²) in [6.45, 7) is 0. The first-order valence-corrected chi connectivity index (χ1v) is 8.07. The van der Waals surface area contributed by atoms with Crippen molar-refractivity contribution in [2.75, 3.05) is 12.0 Å². The van der Waals surface area contributed by atoms with Gasteiger partial charge in [0.2, 0.25) is 0 Å². The van der Waals surface area contributed by atoms with Gasteiger partial charge in [0.05, 0.1) is 5.56 Å². The predicted octanol–water partition coefficient (Wildman–Crippen LogP) is 3.05. The van der Waals surface area contributed by atoms with Gasteiger partial charge in [-0.25, -0.2) is 0 Å². The monoisotopic (exact) mass is 328 g/mol. The number of thioether (sulfide) groups is 1. The lowest BCUT2D eigenvalue weighted by Crippen LogP contribution is -2.33. The van der Waals surface area contributed by atoms with E-state index in [2.05, 4.69) is 27.5 Å². The standard InChI is InChI=1S/C13H17BrN2OS/c1-18-10-4-3-9(7-10)16-13(17)11-5-2-8(14)6-12(11)15/h2,5-6,9-10H,3-4,7,15H2,1H3,(H,16,17). The van der Waals surface area contributed by atoms with E-state index in [1.54, 1.807) is 12.1 Å². The molecule has 18 heavy (non-hydrogen) atoms. The fourth-order valence-corrected chi connectivity index (χ4v) is 3.46. The maximum absolute atomic E-state index is 12.1. The average molecular weight is 329 g/mol. The number of carbonyl (C=O) groups excluding carboxylic acids is 1. The Kier molecular flexibility index (Phi) is 4.56. The number of anilines is 1. The number of amides is 1. The van der Waals surface area contributed by atoms with Gasteiger partial charge in [0.15, 0.2) is 0 Å². The Hall–Kier alpha value is -0.680. The van der Waals surface area contributed by atoms with E-state index in [0.717, 1.165) is 17.3 Å². The lowest BCUT2D eigenvalue weighted by molar-refractivity contribution is 0.0939. The molecule has 0 heterocycles. The average Bonchev–Trinajstić information content (AvgIpc) is 2.76. The summed E-state index contributed by atoms with van der Waals surface area (Å²) < 4.78 is 0.889. The quantitative estimate of drug-likeness (QED) is 0.838. The van der Waals surface area contributed by atoms with Crippen LogP contribution < -0.4 is 11.1 Å². The zero-order valence-electron chi connectivity index (χ0n) is 10.3. The molecule has 2 unspecified atom stereocenters. The molecular formula is C13H17BrN2OS. The highest BCUT2D eigenvalue weighted by Crippen LogP contribution is 2.28.